The van der Waals surface area contributed by atoms with Crippen LogP contribution < -0.4 is 9.47 Å². The molecule has 10 heteroatoms. The molecule has 5 rings (SSSR count). The van der Waals surface area contributed by atoms with E-state index in [0.717, 1.165) is 39.8 Å². The van der Waals surface area contributed by atoms with Crippen LogP contribution in [0, 0.1) is 5.41 Å². The average molecular weight is 755 g/mol. The Hall–Kier alpha value is -4.74. The largest absolute Gasteiger partial charge is 0.491 e. The van der Waals surface area contributed by atoms with Crippen molar-refractivity contribution < 1.29 is 49.0 Å². The van der Waals surface area contributed by atoms with Gasteiger partial charge in [0.1, 0.15) is 43.0 Å². The number of esters is 2. The monoisotopic (exact) mass is 754 g/mol. The topological polar surface area (TPSA) is 152 Å². The van der Waals surface area contributed by atoms with E-state index in [0.29, 0.717) is 24.3 Å². The summed E-state index contributed by atoms with van der Waals surface area (Å²) in [6, 6.07) is 32.4. The minimum Gasteiger partial charge on any atom is -0.491 e. The number of carbonyl (C=O) groups excluding carboxylic acids is 2. The second kappa shape index (κ2) is 17.4. The van der Waals surface area contributed by atoms with Crippen molar-refractivity contribution in [2.75, 3.05) is 19.8 Å². The van der Waals surface area contributed by atoms with E-state index in [1.54, 1.807) is 20.8 Å². The molecule has 0 saturated carbocycles. The third-order valence-electron chi connectivity index (χ3n) is 10.6. The van der Waals surface area contributed by atoms with Gasteiger partial charge < -0.3 is 39.4 Å². The molecule has 55 heavy (non-hydrogen) atoms. The van der Waals surface area contributed by atoms with Gasteiger partial charge in [-0.2, -0.15) is 0 Å². The highest BCUT2D eigenvalue weighted by molar-refractivity contribution is 5.86. The number of rotatable bonds is 18. The first kappa shape index (κ1) is 41.4. The summed E-state index contributed by atoms with van der Waals surface area (Å²) in [5, 5.41) is 41.4. The van der Waals surface area contributed by atoms with E-state index in [4.69, 9.17) is 18.9 Å². The van der Waals surface area contributed by atoms with Crippen molar-refractivity contribution in [1.29, 1.82) is 0 Å². The molecular weight excluding hydrogens is 700 g/mol. The van der Waals surface area contributed by atoms with Gasteiger partial charge in [0, 0.05) is 0 Å². The lowest BCUT2D eigenvalue weighted by molar-refractivity contribution is -0.182. The maximum Gasteiger partial charge on any atom is 0.338 e. The number of benzene rings is 4. The van der Waals surface area contributed by atoms with Crippen LogP contribution in [0.5, 0.6) is 11.5 Å². The van der Waals surface area contributed by atoms with Crippen molar-refractivity contribution >= 4 is 11.9 Å². The molecule has 0 saturated heterocycles. The van der Waals surface area contributed by atoms with Gasteiger partial charge in [0.05, 0.1) is 11.5 Å². The van der Waals surface area contributed by atoms with Gasteiger partial charge in [-0.3, -0.25) is 0 Å². The predicted molar refractivity (Wildman–Crippen MR) is 209 cm³/mol. The van der Waals surface area contributed by atoms with Gasteiger partial charge in [-0.1, -0.05) is 107 Å². The average Bonchev–Trinajstić information content (AvgIpc) is 3.49. The maximum absolute atomic E-state index is 12.3. The molecule has 4 unspecified atom stereocenters. The number of aliphatic hydroxyl groups excluding tert-OH is 4. The van der Waals surface area contributed by atoms with E-state index in [1.165, 1.54) is 0 Å². The summed E-state index contributed by atoms with van der Waals surface area (Å²) in [4.78, 5) is 24.5. The van der Waals surface area contributed by atoms with Crippen molar-refractivity contribution in [3.05, 3.63) is 119 Å². The second-order valence-corrected chi connectivity index (χ2v) is 15.6. The Labute approximate surface area is 323 Å². The van der Waals surface area contributed by atoms with Gasteiger partial charge in [0.15, 0.2) is 12.2 Å². The van der Waals surface area contributed by atoms with E-state index in [1.807, 2.05) is 60.7 Å². The second-order valence-electron chi connectivity index (χ2n) is 15.6. The molecule has 4 atom stereocenters. The Morgan fingerprint density at radius 3 is 1.53 bits per heavy atom. The molecule has 4 aromatic carbocycles. The van der Waals surface area contributed by atoms with Crippen LogP contribution in [0.15, 0.2) is 97.1 Å². The van der Waals surface area contributed by atoms with Crippen LogP contribution in [0.2, 0.25) is 0 Å². The van der Waals surface area contributed by atoms with Crippen LogP contribution in [0.1, 0.15) is 83.1 Å². The summed E-state index contributed by atoms with van der Waals surface area (Å²) in [6.07, 6.45) is -4.09. The molecule has 10 nitrogen and oxygen atoms in total. The molecule has 4 N–H and O–H groups in total. The molecule has 0 radical (unpaired) electrons. The summed E-state index contributed by atoms with van der Waals surface area (Å²) in [7, 11) is 0. The highest BCUT2D eigenvalue weighted by Gasteiger charge is 2.46. The first-order valence-electron chi connectivity index (χ1n) is 18.9. The number of carbonyl (C=O) groups is 2. The van der Waals surface area contributed by atoms with E-state index < -0.39 is 54.0 Å². The lowest BCUT2D eigenvalue weighted by Gasteiger charge is -2.34. The van der Waals surface area contributed by atoms with Gasteiger partial charge in [0.2, 0.25) is 0 Å². The van der Waals surface area contributed by atoms with Crippen LogP contribution in [0.4, 0.5) is 0 Å². The van der Waals surface area contributed by atoms with E-state index in [9.17, 15) is 30.0 Å². The SMILES string of the molecule is CCC(C)(C)CC(O)COc1ccc(C2(c3ccc(OCC(O)COC(=O)C(O)C(O)C(=O)OC(C)(C)CC)cc3)c3ccccc3-c3ccccc32)cc1. The smallest absolute Gasteiger partial charge is 0.338 e. The first-order chi connectivity index (χ1) is 26.1. The van der Waals surface area contributed by atoms with Crippen molar-refractivity contribution in [2.45, 2.75) is 96.2 Å². The number of aliphatic hydroxyl groups is 4. The van der Waals surface area contributed by atoms with Crippen LogP contribution in [-0.4, -0.2) is 82.2 Å². The van der Waals surface area contributed by atoms with Gasteiger partial charge in [-0.25, -0.2) is 9.59 Å². The minimum absolute atomic E-state index is 0.0263. The molecular formula is C45H54O10. The van der Waals surface area contributed by atoms with Gasteiger partial charge in [0.25, 0.3) is 0 Å². The summed E-state index contributed by atoms with van der Waals surface area (Å²) in [5.41, 5.74) is 5.01. The van der Waals surface area contributed by atoms with Crippen LogP contribution in [-0.2, 0) is 24.5 Å². The van der Waals surface area contributed by atoms with Crippen LogP contribution in [0.25, 0.3) is 11.1 Å². The highest BCUT2D eigenvalue weighted by atomic mass is 16.6. The van der Waals surface area contributed by atoms with Crippen molar-refractivity contribution in [2.24, 2.45) is 5.41 Å². The molecule has 0 aliphatic heterocycles. The zero-order valence-corrected chi connectivity index (χ0v) is 32.5. The molecule has 1 aliphatic rings. The fourth-order valence-electron chi connectivity index (χ4n) is 6.83. The Morgan fingerprint density at radius 2 is 1.05 bits per heavy atom. The van der Waals surface area contributed by atoms with E-state index in [2.05, 4.69) is 57.2 Å². The number of ether oxygens (including phenoxy) is 4. The number of hydrogen-bond acceptors (Lipinski definition) is 10. The molecule has 0 spiro atoms. The van der Waals surface area contributed by atoms with Crippen molar-refractivity contribution in [3.8, 4) is 22.6 Å². The van der Waals surface area contributed by atoms with Crippen molar-refractivity contribution in [3.63, 3.8) is 0 Å². The highest BCUT2D eigenvalue weighted by Crippen LogP contribution is 2.56. The van der Waals surface area contributed by atoms with Crippen molar-refractivity contribution in [1.82, 2.24) is 0 Å². The fourth-order valence-corrected chi connectivity index (χ4v) is 6.83. The summed E-state index contributed by atoms with van der Waals surface area (Å²) in [6.45, 7) is 10.9. The van der Waals surface area contributed by atoms with Crippen LogP contribution >= 0.6 is 0 Å². The Balaban J connectivity index is 1.30. The zero-order valence-electron chi connectivity index (χ0n) is 32.5. The molecule has 294 valence electrons. The Bertz CT molecular complexity index is 1850. The Morgan fingerprint density at radius 1 is 0.600 bits per heavy atom. The lowest BCUT2D eigenvalue weighted by Crippen LogP contribution is -2.45. The van der Waals surface area contributed by atoms with Gasteiger partial charge in [-0.05, 0) is 89.8 Å². The van der Waals surface area contributed by atoms with E-state index in [-0.39, 0.29) is 18.6 Å². The van der Waals surface area contributed by atoms with E-state index >= 15 is 0 Å². The maximum atomic E-state index is 12.3. The number of fused-ring (bicyclic) bond motifs is 3. The Kier molecular flexibility index (Phi) is 13.1. The summed E-state index contributed by atoms with van der Waals surface area (Å²) in [5.74, 6) is -1.30. The predicted octanol–water partition coefficient (Wildman–Crippen LogP) is 6.35. The molecule has 0 bridgehead atoms. The van der Waals surface area contributed by atoms with Gasteiger partial charge in [-0.15, -0.1) is 0 Å². The molecule has 0 amide bonds. The molecule has 1 aliphatic carbocycles. The van der Waals surface area contributed by atoms with Gasteiger partial charge >= 0.3 is 11.9 Å². The standard InChI is InChI=1S/C45H54O10/c1-7-43(3,4)25-31(46)26-52-33-21-17-29(18-22-33)45(37-15-11-9-13-35(37)36-14-10-12-16-38(36)45)30-19-23-34(24-20-30)53-27-32(47)28-54-41(50)39(48)40(49)42(51)55-44(5,6)8-2/h9-24,31-32,39-40,46-49H,7-8,25-28H2,1-6H3. The first-order valence-corrected chi connectivity index (χ1v) is 18.9. The van der Waals surface area contributed by atoms with Crippen LogP contribution in [0.3, 0.4) is 0 Å². The quantitative estimate of drug-likeness (QED) is 0.0745. The molecule has 4 aromatic rings. The summed E-state index contributed by atoms with van der Waals surface area (Å²) >= 11 is 0. The third kappa shape index (κ3) is 9.39. The minimum atomic E-state index is -2.18. The molecule has 0 aromatic heterocycles. The number of hydrogen-bond donors (Lipinski definition) is 4. The lowest BCUT2D eigenvalue weighted by atomic mass is 9.68. The zero-order chi connectivity index (χ0) is 40.0. The summed E-state index contributed by atoms with van der Waals surface area (Å²) < 4.78 is 22.0. The molecule has 0 heterocycles. The fraction of sp³-hybridized carbons (Fsp3) is 0.422. The normalized spacial score (nSPS) is 15.5. The third-order valence-corrected chi connectivity index (χ3v) is 10.6. The molecule has 0 fully saturated rings.